The molecule has 0 unspecified atom stereocenters. The van der Waals surface area contributed by atoms with Gasteiger partial charge in [-0.2, -0.15) is 0 Å². The van der Waals surface area contributed by atoms with E-state index in [2.05, 4.69) is 11.8 Å². The zero-order valence-electron chi connectivity index (χ0n) is 12.4. The van der Waals surface area contributed by atoms with E-state index in [0.29, 0.717) is 36.9 Å². The summed E-state index contributed by atoms with van der Waals surface area (Å²) in [4.78, 5) is 28.2. The minimum Gasteiger partial charge on any atom is -0.376 e. The Kier molecular flexibility index (Phi) is 3.78. The van der Waals surface area contributed by atoms with Crippen LogP contribution in [0, 0.1) is 0 Å². The third-order valence-electron chi connectivity index (χ3n) is 4.23. The second-order valence-electron chi connectivity index (χ2n) is 5.80. The van der Waals surface area contributed by atoms with Gasteiger partial charge in [-0.15, -0.1) is 0 Å². The van der Waals surface area contributed by atoms with Gasteiger partial charge in [-0.3, -0.25) is 19.4 Å². The van der Waals surface area contributed by atoms with Crippen molar-refractivity contribution in [1.29, 1.82) is 0 Å². The average molecular weight is 288 g/mol. The van der Waals surface area contributed by atoms with Gasteiger partial charge >= 0.3 is 0 Å². The molecule has 0 spiro atoms. The predicted octanol–water partition coefficient (Wildman–Crippen LogP) is 1.39. The van der Waals surface area contributed by atoms with Crippen LogP contribution in [-0.4, -0.2) is 60.0 Å². The molecular weight excluding hydrogens is 268 g/mol. The van der Waals surface area contributed by atoms with Crippen molar-refractivity contribution in [2.45, 2.75) is 26.0 Å². The minimum atomic E-state index is -0.176. The zero-order valence-corrected chi connectivity index (χ0v) is 12.4. The number of morpholine rings is 1. The highest BCUT2D eigenvalue weighted by Gasteiger charge is 2.35. The summed E-state index contributed by atoms with van der Waals surface area (Å²) >= 11 is 0. The number of rotatable bonds is 3. The van der Waals surface area contributed by atoms with Crippen LogP contribution in [-0.2, 0) is 4.74 Å². The molecule has 21 heavy (non-hydrogen) atoms. The fourth-order valence-electron chi connectivity index (χ4n) is 2.95. The van der Waals surface area contributed by atoms with Gasteiger partial charge in [0.05, 0.1) is 23.8 Å². The molecule has 5 heteroatoms. The second kappa shape index (κ2) is 5.58. The fourth-order valence-corrected chi connectivity index (χ4v) is 2.95. The highest BCUT2D eigenvalue weighted by molar-refractivity contribution is 6.21. The van der Waals surface area contributed by atoms with Crippen LogP contribution in [0.15, 0.2) is 24.3 Å². The molecule has 112 valence electrons. The van der Waals surface area contributed by atoms with E-state index in [1.54, 1.807) is 24.3 Å². The first-order valence-corrected chi connectivity index (χ1v) is 7.39. The molecule has 0 saturated carbocycles. The lowest BCUT2D eigenvalue weighted by molar-refractivity contribution is -0.0501. The molecule has 1 aromatic rings. The lowest BCUT2D eigenvalue weighted by Gasteiger charge is -2.37. The summed E-state index contributed by atoms with van der Waals surface area (Å²) in [6, 6.07) is 7.33. The Balaban J connectivity index is 1.67. The number of fused-ring (bicyclic) bond motifs is 1. The van der Waals surface area contributed by atoms with Crippen molar-refractivity contribution in [1.82, 2.24) is 9.80 Å². The first-order chi connectivity index (χ1) is 10.1. The molecule has 1 saturated heterocycles. The van der Waals surface area contributed by atoms with Crippen LogP contribution >= 0.6 is 0 Å². The Labute approximate surface area is 124 Å². The summed E-state index contributed by atoms with van der Waals surface area (Å²) in [5.74, 6) is -0.353. The summed E-state index contributed by atoms with van der Waals surface area (Å²) < 4.78 is 5.60. The van der Waals surface area contributed by atoms with E-state index in [9.17, 15) is 9.59 Å². The summed E-state index contributed by atoms with van der Waals surface area (Å²) in [6.45, 7) is 6.81. The number of ether oxygens (including phenoxy) is 1. The van der Waals surface area contributed by atoms with Crippen LogP contribution in [0.25, 0.3) is 0 Å². The Hall–Kier alpha value is -1.72. The predicted molar refractivity (Wildman–Crippen MR) is 78.3 cm³/mol. The molecule has 2 amide bonds. The van der Waals surface area contributed by atoms with Crippen molar-refractivity contribution in [3.63, 3.8) is 0 Å². The van der Waals surface area contributed by atoms with Gasteiger partial charge in [-0.1, -0.05) is 12.1 Å². The first-order valence-electron chi connectivity index (χ1n) is 7.39. The molecule has 0 bridgehead atoms. The SMILES string of the molecule is C[C@@H]1CN(CCN2C(=O)c3ccccc3C2=O)[C@H](C)CO1. The topological polar surface area (TPSA) is 49.9 Å². The molecule has 0 aliphatic carbocycles. The van der Waals surface area contributed by atoms with E-state index in [4.69, 9.17) is 4.74 Å². The molecule has 1 fully saturated rings. The quantitative estimate of drug-likeness (QED) is 0.789. The zero-order chi connectivity index (χ0) is 15.0. The van der Waals surface area contributed by atoms with E-state index in [1.165, 1.54) is 4.90 Å². The molecule has 1 aromatic carbocycles. The Morgan fingerprint density at radius 1 is 1.10 bits per heavy atom. The number of nitrogens with zero attached hydrogens (tertiary/aromatic N) is 2. The molecule has 2 heterocycles. The van der Waals surface area contributed by atoms with Gasteiger partial charge in [-0.25, -0.2) is 0 Å². The molecular formula is C16H20N2O3. The van der Waals surface area contributed by atoms with Crippen molar-refractivity contribution >= 4 is 11.8 Å². The van der Waals surface area contributed by atoms with Gasteiger partial charge in [0.2, 0.25) is 0 Å². The van der Waals surface area contributed by atoms with Gasteiger partial charge in [0, 0.05) is 25.7 Å². The molecule has 2 aliphatic rings. The van der Waals surface area contributed by atoms with Crippen LogP contribution in [0.2, 0.25) is 0 Å². The van der Waals surface area contributed by atoms with Gasteiger partial charge in [0.15, 0.2) is 0 Å². The van der Waals surface area contributed by atoms with Crippen LogP contribution < -0.4 is 0 Å². The fraction of sp³-hybridized carbons (Fsp3) is 0.500. The lowest BCUT2D eigenvalue weighted by atomic mass is 10.1. The molecule has 0 N–H and O–H groups in total. The average Bonchev–Trinajstić information content (AvgIpc) is 2.73. The highest BCUT2D eigenvalue weighted by atomic mass is 16.5. The summed E-state index contributed by atoms with van der Waals surface area (Å²) in [6.07, 6.45) is 0.198. The van der Waals surface area contributed by atoms with Gasteiger partial charge in [-0.05, 0) is 26.0 Å². The number of benzene rings is 1. The summed E-state index contributed by atoms with van der Waals surface area (Å²) in [5, 5.41) is 0. The van der Waals surface area contributed by atoms with Gasteiger partial charge < -0.3 is 4.74 Å². The van der Waals surface area contributed by atoms with Crippen LogP contribution in [0.5, 0.6) is 0 Å². The molecule has 0 aromatic heterocycles. The normalized spacial score (nSPS) is 26.3. The standard InChI is InChI=1S/C16H20N2O3/c1-11-10-21-12(2)9-17(11)7-8-18-15(19)13-5-3-4-6-14(13)16(18)20/h3-6,11-12H,7-10H2,1-2H3/t11-,12-/m1/s1. The van der Waals surface area contributed by atoms with Crippen LogP contribution in [0.3, 0.4) is 0 Å². The molecule has 5 nitrogen and oxygen atoms in total. The third kappa shape index (κ3) is 2.59. The van der Waals surface area contributed by atoms with Crippen LogP contribution in [0.4, 0.5) is 0 Å². The monoisotopic (exact) mass is 288 g/mol. The first kappa shape index (κ1) is 14.2. The van der Waals surface area contributed by atoms with Gasteiger partial charge in [0.1, 0.15) is 0 Å². The smallest absolute Gasteiger partial charge is 0.261 e. The van der Waals surface area contributed by atoms with E-state index in [-0.39, 0.29) is 17.9 Å². The maximum absolute atomic E-state index is 12.3. The summed E-state index contributed by atoms with van der Waals surface area (Å²) in [5.41, 5.74) is 1.04. The highest BCUT2D eigenvalue weighted by Crippen LogP contribution is 2.22. The van der Waals surface area contributed by atoms with E-state index in [1.807, 2.05) is 6.92 Å². The van der Waals surface area contributed by atoms with E-state index < -0.39 is 0 Å². The van der Waals surface area contributed by atoms with Crippen LogP contribution in [0.1, 0.15) is 34.6 Å². The number of amides is 2. The largest absolute Gasteiger partial charge is 0.376 e. The van der Waals surface area contributed by atoms with E-state index in [0.717, 1.165) is 6.54 Å². The molecule has 3 rings (SSSR count). The number of hydrogen-bond donors (Lipinski definition) is 0. The van der Waals surface area contributed by atoms with E-state index >= 15 is 0 Å². The maximum atomic E-state index is 12.3. The second-order valence-corrected chi connectivity index (χ2v) is 5.80. The maximum Gasteiger partial charge on any atom is 0.261 e. The lowest BCUT2D eigenvalue weighted by Crippen LogP contribution is -2.50. The summed E-state index contributed by atoms with van der Waals surface area (Å²) in [7, 11) is 0. The molecule has 2 aliphatic heterocycles. The Morgan fingerprint density at radius 2 is 1.71 bits per heavy atom. The molecule has 2 atom stereocenters. The van der Waals surface area contributed by atoms with Crippen molar-refractivity contribution < 1.29 is 14.3 Å². The van der Waals surface area contributed by atoms with Crippen molar-refractivity contribution in [3.05, 3.63) is 35.4 Å². The number of hydrogen-bond acceptors (Lipinski definition) is 4. The number of carbonyl (C=O) groups is 2. The Bertz CT molecular complexity index is 537. The minimum absolute atomic E-state index is 0.176. The number of carbonyl (C=O) groups excluding carboxylic acids is 2. The molecule has 0 radical (unpaired) electrons. The third-order valence-corrected chi connectivity index (χ3v) is 4.23. The van der Waals surface area contributed by atoms with Gasteiger partial charge in [0.25, 0.3) is 11.8 Å². The number of imide groups is 1. The Morgan fingerprint density at radius 3 is 2.33 bits per heavy atom. The van der Waals surface area contributed by atoms with Crippen molar-refractivity contribution in [2.24, 2.45) is 0 Å². The van der Waals surface area contributed by atoms with Crippen molar-refractivity contribution in [2.75, 3.05) is 26.2 Å². The van der Waals surface area contributed by atoms with Crippen molar-refractivity contribution in [3.8, 4) is 0 Å².